The van der Waals surface area contributed by atoms with Crippen LogP contribution < -0.4 is 10.4 Å². The Kier molecular flexibility index (Phi) is 13.0. The Labute approximate surface area is 372 Å². The molecule has 304 valence electrons. The standard InChI is InChI=1S/C61H50N2/c1-6-11-26-43(8-3)61(63-56(25-7-2)44-27-15-12-16-28-44)50-36-24-35-49(40-50)60-55-38-22-21-37-54(55)52(9-4)53(10-5)59(60)48-34-23-33-47(39-48)51-41-57(45-29-17-13-18-30-45)62-58(42-51)46-31-19-14-20-32-46/h6-42H,1-2H2,3-5H3/b26-11-,43-8+,52-9+,53-10+,56-25-,63-61-. The fourth-order valence-electron chi connectivity index (χ4n) is 8.40. The molecule has 0 atom stereocenters. The highest BCUT2D eigenvalue weighted by molar-refractivity contribution is 6.17. The van der Waals surface area contributed by atoms with Crippen molar-refractivity contribution in [2.24, 2.45) is 4.99 Å². The summed E-state index contributed by atoms with van der Waals surface area (Å²) in [5, 5.41) is 4.80. The Morgan fingerprint density at radius 3 is 1.62 bits per heavy atom. The number of aliphatic imine (C=N–C) groups is 1. The summed E-state index contributed by atoms with van der Waals surface area (Å²) in [7, 11) is 0. The first kappa shape index (κ1) is 41.8. The first-order valence-corrected chi connectivity index (χ1v) is 21.5. The number of fused-ring (bicyclic) bond motifs is 1. The van der Waals surface area contributed by atoms with Crippen LogP contribution in [0.5, 0.6) is 0 Å². The van der Waals surface area contributed by atoms with Crippen molar-refractivity contribution in [1.82, 2.24) is 4.98 Å². The molecule has 0 radical (unpaired) electrons. The van der Waals surface area contributed by atoms with Crippen LogP contribution in [-0.4, -0.2) is 10.7 Å². The van der Waals surface area contributed by atoms with Crippen molar-refractivity contribution in [3.8, 4) is 55.9 Å². The average Bonchev–Trinajstić information content (AvgIpc) is 3.35. The van der Waals surface area contributed by atoms with Crippen LogP contribution in [0.25, 0.3) is 84.5 Å². The lowest BCUT2D eigenvalue weighted by Gasteiger charge is -2.19. The molecule has 8 aromatic rings. The zero-order valence-electron chi connectivity index (χ0n) is 36.2. The number of nitrogens with zero attached hydrogens (tertiary/aromatic N) is 2. The lowest BCUT2D eigenvalue weighted by Crippen LogP contribution is -2.28. The molecule has 8 rings (SSSR count). The topological polar surface area (TPSA) is 25.2 Å². The second kappa shape index (κ2) is 19.6. The summed E-state index contributed by atoms with van der Waals surface area (Å²) in [5.74, 6) is 0. The van der Waals surface area contributed by atoms with Crippen molar-refractivity contribution in [2.45, 2.75) is 20.8 Å². The summed E-state index contributed by atoms with van der Waals surface area (Å²) in [6.07, 6.45) is 16.2. The normalized spacial score (nSPS) is 12.9. The summed E-state index contributed by atoms with van der Waals surface area (Å²) < 4.78 is 0. The third kappa shape index (κ3) is 8.93. The van der Waals surface area contributed by atoms with E-state index in [1.54, 1.807) is 12.2 Å². The summed E-state index contributed by atoms with van der Waals surface area (Å²) in [4.78, 5) is 10.6. The molecule has 1 heterocycles. The molecule has 0 aliphatic heterocycles. The van der Waals surface area contributed by atoms with E-state index < -0.39 is 0 Å². The van der Waals surface area contributed by atoms with Gasteiger partial charge in [-0.15, -0.1) is 0 Å². The van der Waals surface area contributed by atoms with Crippen LogP contribution in [0.2, 0.25) is 0 Å². The van der Waals surface area contributed by atoms with Gasteiger partial charge in [0.05, 0.1) is 22.8 Å². The van der Waals surface area contributed by atoms with Gasteiger partial charge >= 0.3 is 0 Å². The van der Waals surface area contributed by atoms with Gasteiger partial charge in [-0.1, -0.05) is 207 Å². The molecule has 0 fully saturated rings. The Morgan fingerprint density at radius 1 is 0.476 bits per heavy atom. The van der Waals surface area contributed by atoms with Crippen molar-refractivity contribution in [1.29, 1.82) is 0 Å². The van der Waals surface area contributed by atoms with Crippen molar-refractivity contribution >= 4 is 34.3 Å². The first-order chi connectivity index (χ1) is 31.0. The fraction of sp³-hybridized carbons (Fsp3) is 0.0492. The van der Waals surface area contributed by atoms with Crippen LogP contribution in [0.4, 0.5) is 0 Å². The summed E-state index contributed by atoms with van der Waals surface area (Å²) in [6.45, 7) is 14.3. The average molecular weight is 811 g/mol. The molecule has 2 heteroatoms. The molecule has 0 N–H and O–H groups in total. The van der Waals surface area contributed by atoms with Crippen LogP contribution in [0, 0.1) is 0 Å². The molecule has 0 aliphatic rings. The maximum Gasteiger partial charge on any atom is 0.0778 e. The van der Waals surface area contributed by atoms with E-state index in [9.17, 15) is 0 Å². The lowest BCUT2D eigenvalue weighted by molar-refractivity contribution is 1.32. The SMILES string of the molecule is C=C\C=C/C(=C\C)C(=N/C(=C\C=C)c1ccccc1)/c1cccc(-c2c(-c3cccc(-c4cc(-c5ccccc5)nc(-c5ccccc5)c4)c3)c(=C/C)/c(=C\C)c3ccccc23)c1. The van der Waals surface area contributed by atoms with Gasteiger partial charge in [-0.25, -0.2) is 9.98 Å². The fourth-order valence-corrected chi connectivity index (χ4v) is 8.40. The van der Waals surface area contributed by atoms with Gasteiger partial charge in [0.25, 0.3) is 0 Å². The van der Waals surface area contributed by atoms with Gasteiger partial charge in [-0.3, -0.25) is 0 Å². The molecule has 0 unspecified atom stereocenters. The molecule has 0 spiro atoms. The molecule has 0 amide bonds. The van der Waals surface area contributed by atoms with E-state index in [0.717, 1.165) is 72.9 Å². The molecule has 0 saturated carbocycles. The van der Waals surface area contributed by atoms with Gasteiger partial charge in [0.2, 0.25) is 0 Å². The highest BCUT2D eigenvalue weighted by atomic mass is 14.8. The number of allylic oxidation sites excluding steroid dienone is 7. The van der Waals surface area contributed by atoms with Gasteiger partial charge in [0.15, 0.2) is 0 Å². The van der Waals surface area contributed by atoms with Crippen molar-refractivity contribution in [3.63, 3.8) is 0 Å². The first-order valence-electron chi connectivity index (χ1n) is 21.5. The van der Waals surface area contributed by atoms with Crippen molar-refractivity contribution in [2.75, 3.05) is 0 Å². The number of rotatable bonds is 12. The molecule has 0 aliphatic carbocycles. The smallest absolute Gasteiger partial charge is 0.0778 e. The summed E-state index contributed by atoms with van der Waals surface area (Å²) in [6, 6.07) is 62.2. The van der Waals surface area contributed by atoms with Gasteiger partial charge in [-0.05, 0) is 111 Å². The Balaban J connectivity index is 1.39. The van der Waals surface area contributed by atoms with E-state index >= 15 is 0 Å². The molecule has 63 heavy (non-hydrogen) atoms. The maximum atomic E-state index is 5.41. The molecule has 2 nitrogen and oxygen atoms in total. The van der Waals surface area contributed by atoms with Crippen LogP contribution in [0.1, 0.15) is 31.9 Å². The Hall–Kier alpha value is -7.94. The van der Waals surface area contributed by atoms with Gasteiger partial charge in [0.1, 0.15) is 0 Å². The maximum absolute atomic E-state index is 5.41. The van der Waals surface area contributed by atoms with E-state index in [0.29, 0.717) is 0 Å². The zero-order chi connectivity index (χ0) is 43.5. The van der Waals surface area contributed by atoms with Gasteiger partial charge < -0.3 is 0 Å². The Bertz CT molecular complexity index is 3140. The monoisotopic (exact) mass is 810 g/mol. The predicted octanol–water partition coefficient (Wildman–Crippen LogP) is 14.9. The van der Waals surface area contributed by atoms with Crippen LogP contribution in [0.15, 0.2) is 236 Å². The number of pyridine rings is 1. The van der Waals surface area contributed by atoms with E-state index in [-0.39, 0.29) is 0 Å². The van der Waals surface area contributed by atoms with Crippen molar-refractivity contribution in [3.05, 3.63) is 253 Å². The quantitative estimate of drug-likeness (QED) is 0.0891. The molecule has 1 aromatic heterocycles. The van der Waals surface area contributed by atoms with E-state index in [1.165, 1.54) is 32.3 Å². The second-order valence-electron chi connectivity index (χ2n) is 15.2. The van der Waals surface area contributed by atoms with Crippen LogP contribution in [-0.2, 0) is 0 Å². The molecular weight excluding hydrogens is 761 g/mol. The molecule has 0 bridgehead atoms. The minimum absolute atomic E-state index is 0.827. The highest BCUT2D eigenvalue weighted by Crippen LogP contribution is 2.38. The van der Waals surface area contributed by atoms with E-state index in [4.69, 9.17) is 9.98 Å². The van der Waals surface area contributed by atoms with Crippen LogP contribution >= 0.6 is 0 Å². The Morgan fingerprint density at radius 2 is 1.02 bits per heavy atom. The highest BCUT2D eigenvalue weighted by Gasteiger charge is 2.19. The van der Waals surface area contributed by atoms with Crippen LogP contribution in [0.3, 0.4) is 0 Å². The minimum Gasteiger partial charge on any atom is -0.248 e. The van der Waals surface area contributed by atoms with E-state index in [1.807, 2.05) is 42.5 Å². The number of hydrogen-bond donors (Lipinski definition) is 0. The molecule has 0 saturated heterocycles. The number of aromatic nitrogens is 1. The largest absolute Gasteiger partial charge is 0.248 e. The molecule has 7 aromatic carbocycles. The predicted molar refractivity (Wildman–Crippen MR) is 273 cm³/mol. The molecular formula is C61H50N2. The third-order valence-corrected chi connectivity index (χ3v) is 11.3. The minimum atomic E-state index is 0.827. The lowest BCUT2D eigenvalue weighted by atomic mass is 9.85. The zero-order valence-corrected chi connectivity index (χ0v) is 36.2. The second-order valence-corrected chi connectivity index (χ2v) is 15.2. The van der Waals surface area contributed by atoms with Gasteiger partial charge in [0, 0.05) is 22.3 Å². The summed E-state index contributed by atoms with van der Waals surface area (Å²) in [5.41, 5.74) is 15.5. The number of benzene rings is 7. The third-order valence-electron chi connectivity index (χ3n) is 11.3. The van der Waals surface area contributed by atoms with Crippen molar-refractivity contribution < 1.29 is 0 Å². The van der Waals surface area contributed by atoms with E-state index in [2.05, 4.69) is 204 Å². The van der Waals surface area contributed by atoms with Gasteiger partial charge in [-0.2, -0.15) is 0 Å². The number of hydrogen-bond acceptors (Lipinski definition) is 2. The summed E-state index contributed by atoms with van der Waals surface area (Å²) >= 11 is 0.